The summed E-state index contributed by atoms with van der Waals surface area (Å²) in [5, 5.41) is 3.59. The van der Waals surface area contributed by atoms with Gasteiger partial charge in [0, 0.05) is 12.1 Å². The monoisotopic (exact) mass is 221 g/mol. The topological polar surface area (TPSA) is 21.3 Å². The number of ether oxygens (including phenoxy) is 1. The predicted molar refractivity (Wildman–Crippen MR) is 68.8 cm³/mol. The van der Waals surface area contributed by atoms with Crippen LogP contribution in [0.5, 0.6) is 5.75 Å². The van der Waals surface area contributed by atoms with Crippen molar-refractivity contribution in [2.45, 2.75) is 39.8 Å². The molecule has 0 saturated carbocycles. The van der Waals surface area contributed by atoms with Crippen molar-refractivity contribution in [2.24, 2.45) is 5.92 Å². The molecule has 1 unspecified atom stereocenters. The van der Waals surface area contributed by atoms with E-state index in [1.54, 1.807) is 7.11 Å². The molecule has 2 nitrogen and oxygen atoms in total. The van der Waals surface area contributed by atoms with Gasteiger partial charge in [-0.05, 0) is 37.5 Å². The molecule has 0 bridgehead atoms. The standard InChI is InChI=1S/C14H23NO/c1-10(2)11(3)15-12(4)13-7-6-8-14(9-13)16-5/h6-12,15H,1-5H3/t11?,12-/m1/s1. The maximum absolute atomic E-state index is 5.23. The summed E-state index contributed by atoms with van der Waals surface area (Å²) >= 11 is 0. The quantitative estimate of drug-likeness (QED) is 0.823. The SMILES string of the molecule is COc1cccc([C@@H](C)NC(C)C(C)C)c1. The predicted octanol–water partition coefficient (Wildman–Crippen LogP) is 3.39. The highest BCUT2D eigenvalue weighted by Gasteiger charge is 2.12. The average Bonchev–Trinajstić information content (AvgIpc) is 2.28. The van der Waals surface area contributed by atoms with Crippen LogP contribution < -0.4 is 10.1 Å². The van der Waals surface area contributed by atoms with Crippen LogP contribution in [0.15, 0.2) is 24.3 Å². The van der Waals surface area contributed by atoms with Gasteiger partial charge in [-0.15, -0.1) is 0 Å². The molecule has 90 valence electrons. The van der Waals surface area contributed by atoms with Gasteiger partial charge in [-0.1, -0.05) is 26.0 Å². The van der Waals surface area contributed by atoms with E-state index >= 15 is 0 Å². The van der Waals surface area contributed by atoms with Crippen LogP contribution >= 0.6 is 0 Å². The maximum atomic E-state index is 5.23. The van der Waals surface area contributed by atoms with Crippen LogP contribution in [0.2, 0.25) is 0 Å². The van der Waals surface area contributed by atoms with E-state index in [4.69, 9.17) is 4.74 Å². The Kier molecular flexibility index (Phi) is 4.81. The first-order chi connectivity index (χ1) is 7.54. The molecule has 1 rings (SSSR count). The number of hydrogen-bond donors (Lipinski definition) is 1. The van der Waals surface area contributed by atoms with Gasteiger partial charge in [-0.2, -0.15) is 0 Å². The summed E-state index contributed by atoms with van der Waals surface area (Å²) in [6, 6.07) is 9.10. The molecule has 0 aliphatic rings. The normalized spacial score (nSPS) is 14.9. The van der Waals surface area contributed by atoms with E-state index in [2.05, 4.69) is 45.1 Å². The van der Waals surface area contributed by atoms with Crippen LogP contribution in [0.25, 0.3) is 0 Å². The minimum atomic E-state index is 0.354. The number of methoxy groups -OCH3 is 1. The lowest BCUT2D eigenvalue weighted by molar-refractivity contribution is 0.386. The van der Waals surface area contributed by atoms with Crippen molar-refractivity contribution < 1.29 is 4.74 Å². The van der Waals surface area contributed by atoms with E-state index in [0.717, 1.165) is 5.75 Å². The Hall–Kier alpha value is -1.02. The van der Waals surface area contributed by atoms with E-state index in [0.29, 0.717) is 18.0 Å². The van der Waals surface area contributed by atoms with Crippen molar-refractivity contribution in [1.29, 1.82) is 0 Å². The van der Waals surface area contributed by atoms with Crippen LogP contribution in [0.3, 0.4) is 0 Å². The number of nitrogens with one attached hydrogen (secondary N) is 1. The molecule has 1 aromatic carbocycles. The molecule has 2 heteroatoms. The first kappa shape index (κ1) is 13.0. The van der Waals surface area contributed by atoms with E-state index in [1.807, 2.05) is 12.1 Å². The van der Waals surface area contributed by atoms with Crippen LogP contribution in [0.4, 0.5) is 0 Å². The van der Waals surface area contributed by atoms with Crippen molar-refractivity contribution in [3.63, 3.8) is 0 Å². The second kappa shape index (κ2) is 5.90. The van der Waals surface area contributed by atoms with Crippen LogP contribution in [0, 0.1) is 5.92 Å². The number of hydrogen-bond acceptors (Lipinski definition) is 2. The molecule has 0 fully saturated rings. The average molecular weight is 221 g/mol. The highest BCUT2D eigenvalue weighted by Crippen LogP contribution is 2.19. The Balaban J connectivity index is 2.68. The molecule has 0 saturated heterocycles. The Morgan fingerprint density at radius 1 is 1.12 bits per heavy atom. The molecule has 16 heavy (non-hydrogen) atoms. The van der Waals surface area contributed by atoms with Crippen LogP contribution in [-0.2, 0) is 0 Å². The zero-order chi connectivity index (χ0) is 12.1. The molecular formula is C14H23NO. The lowest BCUT2D eigenvalue weighted by Crippen LogP contribution is -2.32. The third kappa shape index (κ3) is 3.53. The van der Waals surface area contributed by atoms with E-state index < -0.39 is 0 Å². The molecule has 0 spiro atoms. The molecule has 0 amide bonds. The van der Waals surface area contributed by atoms with Gasteiger partial charge in [0.25, 0.3) is 0 Å². The lowest BCUT2D eigenvalue weighted by atomic mass is 10.0. The fraction of sp³-hybridized carbons (Fsp3) is 0.571. The van der Waals surface area contributed by atoms with Crippen LogP contribution in [0.1, 0.15) is 39.3 Å². The second-order valence-electron chi connectivity index (χ2n) is 4.70. The van der Waals surface area contributed by atoms with E-state index in [-0.39, 0.29) is 0 Å². The fourth-order valence-corrected chi connectivity index (χ4v) is 1.59. The van der Waals surface area contributed by atoms with Crippen LogP contribution in [-0.4, -0.2) is 13.2 Å². The van der Waals surface area contributed by atoms with Crippen molar-refractivity contribution in [3.8, 4) is 5.75 Å². The van der Waals surface area contributed by atoms with Crippen molar-refractivity contribution >= 4 is 0 Å². The smallest absolute Gasteiger partial charge is 0.119 e. The molecule has 0 radical (unpaired) electrons. The fourth-order valence-electron chi connectivity index (χ4n) is 1.59. The zero-order valence-corrected chi connectivity index (χ0v) is 10.9. The number of benzene rings is 1. The van der Waals surface area contributed by atoms with Gasteiger partial charge in [0.2, 0.25) is 0 Å². The lowest BCUT2D eigenvalue weighted by Gasteiger charge is -2.23. The first-order valence-electron chi connectivity index (χ1n) is 5.94. The Bertz CT molecular complexity index is 322. The molecular weight excluding hydrogens is 198 g/mol. The van der Waals surface area contributed by atoms with Gasteiger partial charge in [0.1, 0.15) is 5.75 Å². The highest BCUT2D eigenvalue weighted by atomic mass is 16.5. The molecule has 0 aliphatic carbocycles. The Morgan fingerprint density at radius 2 is 1.81 bits per heavy atom. The third-order valence-electron chi connectivity index (χ3n) is 3.11. The van der Waals surface area contributed by atoms with Gasteiger partial charge < -0.3 is 10.1 Å². The summed E-state index contributed by atoms with van der Waals surface area (Å²) < 4.78 is 5.23. The summed E-state index contributed by atoms with van der Waals surface area (Å²) in [6.45, 7) is 8.88. The third-order valence-corrected chi connectivity index (χ3v) is 3.11. The second-order valence-corrected chi connectivity index (χ2v) is 4.70. The first-order valence-corrected chi connectivity index (χ1v) is 5.94. The largest absolute Gasteiger partial charge is 0.497 e. The molecule has 1 aromatic rings. The molecule has 0 heterocycles. The molecule has 0 aromatic heterocycles. The van der Waals surface area contributed by atoms with Gasteiger partial charge >= 0.3 is 0 Å². The summed E-state index contributed by atoms with van der Waals surface area (Å²) in [7, 11) is 1.70. The molecule has 2 atom stereocenters. The minimum absolute atomic E-state index is 0.354. The van der Waals surface area contributed by atoms with Crippen molar-refractivity contribution in [1.82, 2.24) is 5.32 Å². The Labute approximate surface area is 99.0 Å². The summed E-state index contributed by atoms with van der Waals surface area (Å²) in [5.41, 5.74) is 1.27. The summed E-state index contributed by atoms with van der Waals surface area (Å²) in [5.74, 6) is 1.57. The molecule has 0 aliphatic heterocycles. The zero-order valence-electron chi connectivity index (χ0n) is 10.9. The Morgan fingerprint density at radius 3 is 2.38 bits per heavy atom. The minimum Gasteiger partial charge on any atom is -0.497 e. The summed E-state index contributed by atoms with van der Waals surface area (Å²) in [6.07, 6.45) is 0. The summed E-state index contributed by atoms with van der Waals surface area (Å²) in [4.78, 5) is 0. The molecule has 1 N–H and O–H groups in total. The van der Waals surface area contributed by atoms with Crippen molar-refractivity contribution in [3.05, 3.63) is 29.8 Å². The van der Waals surface area contributed by atoms with Crippen molar-refractivity contribution in [2.75, 3.05) is 7.11 Å². The highest BCUT2D eigenvalue weighted by molar-refractivity contribution is 5.30. The van der Waals surface area contributed by atoms with E-state index in [9.17, 15) is 0 Å². The van der Waals surface area contributed by atoms with E-state index in [1.165, 1.54) is 5.56 Å². The number of rotatable bonds is 5. The maximum Gasteiger partial charge on any atom is 0.119 e. The van der Waals surface area contributed by atoms with Gasteiger partial charge in [0.05, 0.1) is 7.11 Å². The van der Waals surface area contributed by atoms with Gasteiger partial charge in [-0.25, -0.2) is 0 Å². The van der Waals surface area contributed by atoms with Gasteiger partial charge in [-0.3, -0.25) is 0 Å². The van der Waals surface area contributed by atoms with Gasteiger partial charge in [0.15, 0.2) is 0 Å².